The molecule has 36 heavy (non-hydrogen) atoms. The molecule has 7 heteroatoms. The summed E-state index contributed by atoms with van der Waals surface area (Å²) in [7, 11) is -2.40. The number of benzene rings is 2. The second-order valence-electron chi connectivity index (χ2n) is 10.7. The van der Waals surface area contributed by atoms with E-state index in [2.05, 4.69) is 39.2 Å². The Bertz CT molecular complexity index is 939. The molecule has 0 aliphatic rings. The second kappa shape index (κ2) is 13.6. The first-order valence-electron chi connectivity index (χ1n) is 12.9. The Morgan fingerprint density at radius 3 is 1.92 bits per heavy atom. The van der Waals surface area contributed by atoms with Crippen LogP contribution in [0.4, 0.5) is 4.79 Å². The van der Waals surface area contributed by atoms with Crippen LogP contribution in [0.5, 0.6) is 0 Å². The van der Waals surface area contributed by atoms with Gasteiger partial charge in [-0.2, -0.15) is 0 Å². The first-order valence-corrected chi connectivity index (χ1v) is 15.8. The lowest BCUT2D eigenvalue weighted by Gasteiger charge is -2.40. The maximum Gasteiger partial charge on any atom is 0.407 e. The molecule has 1 amide bonds. The highest BCUT2D eigenvalue weighted by atomic mass is 28.4. The van der Waals surface area contributed by atoms with Gasteiger partial charge in [0.15, 0.2) is 14.4 Å². The molecule has 198 valence electrons. The maximum absolute atomic E-state index is 13.6. The summed E-state index contributed by atoms with van der Waals surface area (Å²) in [5, 5.41) is 2.80. The molecular formula is C29H43NO5Si. The van der Waals surface area contributed by atoms with Crippen LogP contribution in [0.2, 0.25) is 18.1 Å². The first-order chi connectivity index (χ1) is 17.0. The monoisotopic (exact) mass is 513 g/mol. The van der Waals surface area contributed by atoms with Crippen LogP contribution in [0.25, 0.3) is 0 Å². The van der Waals surface area contributed by atoms with Gasteiger partial charge in [-0.3, -0.25) is 0 Å². The van der Waals surface area contributed by atoms with Crippen molar-refractivity contribution in [1.82, 2.24) is 5.32 Å². The zero-order chi connectivity index (χ0) is 26.8. The van der Waals surface area contributed by atoms with Crippen molar-refractivity contribution in [2.24, 2.45) is 0 Å². The van der Waals surface area contributed by atoms with Gasteiger partial charge in [0.2, 0.25) is 0 Å². The molecule has 2 aromatic rings. The highest BCUT2D eigenvalue weighted by Gasteiger charge is 2.44. The number of hydrogen-bond donors (Lipinski definition) is 1. The number of nitrogens with one attached hydrogen (secondary N) is 1. The predicted molar refractivity (Wildman–Crippen MR) is 146 cm³/mol. The normalized spacial score (nSPS) is 13.7. The molecule has 0 saturated heterocycles. The van der Waals surface area contributed by atoms with Gasteiger partial charge in [-0.1, -0.05) is 95.3 Å². The standard InChI is InChI=1S/C29H43NO5Si/c1-8-24(9-2)34-27(31)26(35-36(6,7)29(3,4)5)25(20-22-16-12-10-13-17-22)30-28(32)33-21-23-18-14-11-15-19-23/h10-19,24-26H,8-9,20-21H2,1-7H3,(H,30,32)/t25-,26-/m1/s1. The lowest BCUT2D eigenvalue weighted by molar-refractivity contribution is -0.160. The van der Waals surface area contributed by atoms with Gasteiger partial charge in [0.25, 0.3) is 0 Å². The van der Waals surface area contributed by atoms with E-state index in [9.17, 15) is 9.59 Å². The largest absolute Gasteiger partial charge is 0.460 e. The topological polar surface area (TPSA) is 73.9 Å². The Labute approximate surface area is 217 Å². The number of esters is 1. The number of alkyl carbamates (subject to hydrolysis) is 1. The molecule has 2 rings (SSSR count). The van der Waals surface area contributed by atoms with Gasteiger partial charge in [0.1, 0.15) is 12.7 Å². The fourth-order valence-corrected chi connectivity index (χ4v) is 4.74. The van der Waals surface area contributed by atoms with Crippen molar-refractivity contribution in [2.75, 3.05) is 0 Å². The number of carbonyl (C=O) groups excluding carboxylic acids is 2. The van der Waals surface area contributed by atoms with E-state index in [1.54, 1.807) is 0 Å². The van der Waals surface area contributed by atoms with Crippen molar-refractivity contribution >= 4 is 20.4 Å². The molecule has 0 unspecified atom stereocenters. The van der Waals surface area contributed by atoms with Crippen molar-refractivity contribution in [3.8, 4) is 0 Å². The van der Waals surface area contributed by atoms with Gasteiger partial charge in [-0.05, 0) is 48.5 Å². The molecule has 0 heterocycles. The van der Waals surface area contributed by atoms with Gasteiger partial charge in [-0.15, -0.1) is 0 Å². The Hall–Kier alpha value is -2.64. The summed E-state index contributed by atoms with van der Waals surface area (Å²) >= 11 is 0. The lowest BCUT2D eigenvalue weighted by atomic mass is 10.0. The van der Waals surface area contributed by atoms with E-state index in [1.165, 1.54) is 0 Å². The summed E-state index contributed by atoms with van der Waals surface area (Å²) in [4.78, 5) is 26.5. The van der Waals surface area contributed by atoms with Crippen molar-refractivity contribution in [2.45, 2.75) is 96.9 Å². The Kier molecular flexibility index (Phi) is 11.2. The van der Waals surface area contributed by atoms with Crippen LogP contribution in [-0.2, 0) is 31.7 Å². The molecule has 0 radical (unpaired) electrons. The van der Waals surface area contributed by atoms with E-state index in [4.69, 9.17) is 13.9 Å². The summed E-state index contributed by atoms with van der Waals surface area (Å²) in [6, 6.07) is 18.6. The molecule has 0 aromatic heterocycles. The molecular weight excluding hydrogens is 470 g/mol. The fraction of sp³-hybridized carbons (Fsp3) is 0.517. The van der Waals surface area contributed by atoms with Gasteiger partial charge < -0.3 is 19.2 Å². The van der Waals surface area contributed by atoms with Crippen molar-refractivity contribution in [1.29, 1.82) is 0 Å². The molecule has 0 bridgehead atoms. The van der Waals surface area contributed by atoms with E-state index in [1.807, 2.05) is 74.5 Å². The number of ether oxygens (including phenoxy) is 2. The third-order valence-corrected chi connectivity index (χ3v) is 11.3. The molecule has 2 atom stereocenters. The summed E-state index contributed by atoms with van der Waals surface area (Å²) in [5.41, 5.74) is 1.86. The Balaban J connectivity index is 2.34. The van der Waals surface area contributed by atoms with Gasteiger partial charge in [0, 0.05) is 0 Å². The number of rotatable bonds is 12. The summed E-state index contributed by atoms with van der Waals surface area (Å²) in [6.45, 7) is 14.7. The third kappa shape index (κ3) is 9.10. The molecule has 0 saturated carbocycles. The van der Waals surface area contributed by atoms with Crippen LogP contribution < -0.4 is 5.32 Å². The highest BCUT2D eigenvalue weighted by molar-refractivity contribution is 6.74. The van der Waals surface area contributed by atoms with Crippen LogP contribution >= 0.6 is 0 Å². The maximum atomic E-state index is 13.6. The fourth-order valence-electron chi connectivity index (χ4n) is 3.49. The zero-order valence-corrected chi connectivity index (χ0v) is 23.9. The van der Waals surface area contributed by atoms with Crippen molar-refractivity contribution in [3.05, 3.63) is 71.8 Å². The summed E-state index contributed by atoms with van der Waals surface area (Å²) in [5.74, 6) is -0.446. The minimum absolute atomic E-state index is 0.133. The zero-order valence-electron chi connectivity index (χ0n) is 22.9. The molecule has 1 N–H and O–H groups in total. The van der Waals surface area contributed by atoms with Gasteiger partial charge >= 0.3 is 12.1 Å². The van der Waals surface area contributed by atoms with E-state index in [0.29, 0.717) is 19.3 Å². The molecule has 0 aliphatic heterocycles. The predicted octanol–water partition coefficient (Wildman–Crippen LogP) is 6.65. The minimum Gasteiger partial charge on any atom is -0.460 e. The number of amides is 1. The summed E-state index contributed by atoms with van der Waals surface area (Å²) < 4.78 is 18.0. The molecule has 6 nitrogen and oxygen atoms in total. The van der Waals surface area contributed by atoms with Crippen molar-refractivity contribution in [3.63, 3.8) is 0 Å². The molecule has 0 aliphatic carbocycles. The van der Waals surface area contributed by atoms with Crippen LogP contribution in [0.3, 0.4) is 0 Å². The van der Waals surface area contributed by atoms with E-state index in [0.717, 1.165) is 11.1 Å². The molecule has 2 aromatic carbocycles. The highest BCUT2D eigenvalue weighted by Crippen LogP contribution is 2.38. The lowest BCUT2D eigenvalue weighted by Crippen LogP contribution is -2.56. The summed E-state index contributed by atoms with van der Waals surface area (Å²) in [6.07, 6.45) is 0.0643. The Morgan fingerprint density at radius 1 is 0.889 bits per heavy atom. The first kappa shape index (κ1) is 29.6. The third-order valence-electron chi connectivity index (χ3n) is 6.83. The average molecular weight is 514 g/mol. The number of hydrogen-bond acceptors (Lipinski definition) is 5. The van der Waals surface area contributed by atoms with E-state index < -0.39 is 32.5 Å². The van der Waals surface area contributed by atoms with E-state index >= 15 is 0 Å². The minimum atomic E-state index is -2.40. The van der Waals surface area contributed by atoms with Crippen LogP contribution in [0.1, 0.15) is 58.6 Å². The average Bonchev–Trinajstić information content (AvgIpc) is 2.84. The smallest absolute Gasteiger partial charge is 0.407 e. The number of carbonyl (C=O) groups is 2. The van der Waals surface area contributed by atoms with Gasteiger partial charge in [-0.25, -0.2) is 9.59 Å². The van der Waals surface area contributed by atoms with E-state index in [-0.39, 0.29) is 17.7 Å². The van der Waals surface area contributed by atoms with Crippen LogP contribution in [0, 0.1) is 0 Å². The quantitative estimate of drug-likeness (QED) is 0.254. The SMILES string of the molecule is CCC(CC)OC(=O)[C@H](O[Si](C)(C)C(C)(C)C)[C@@H](Cc1ccccc1)NC(=O)OCc1ccccc1. The second-order valence-corrected chi connectivity index (χ2v) is 15.4. The van der Waals surface area contributed by atoms with Gasteiger partial charge in [0.05, 0.1) is 6.04 Å². The Morgan fingerprint density at radius 2 is 1.42 bits per heavy atom. The molecule has 0 fully saturated rings. The van der Waals surface area contributed by atoms with Crippen LogP contribution in [-0.4, -0.2) is 38.6 Å². The molecule has 0 spiro atoms. The van der Waals surface area contributed by atoms with Crippen LogP contribution in [0.15, 0.2) is 60.7 Å². The van der Waals surface area contributed by atoms with Crippen molar-refractivity contribution < 1.29 is 23.5 Å².